The highest BCUT2D eigenvalue weighted by molar-refractivity contribution is 5.40. The van der Waals surface area contributed by atoms with Gasteiger partial charge in [-0.2, -0.15) is 0 Å². The summed E-state index contributed by atoms with van der Waals surface area (Å²) >= 11 is 0. The molecule has 29 heavy (non-hydrogen) atoms. The summed E-state index contributed by atoms with van der Waals surface area (Å²) in [6, 6.07) is 11.8. The first-order valence-electron chi connectivity index (χ1n) is 10.9. The number of likely N-dealkylation sites (N-methyl/N-ethyl adjacent to an activating group) is 1. The van der Waals surface area contributed by atoms with E-state index in [0.717, 1.165) is 49.8 Å². The van der Waals surface area contributed by atoms with Crippen LogP contribution in [0.1, 0.15) is 61.3 Å². The number of hydrogen-bond acceptors (Lipinski definition) is 5. The van der Waals surface area contributed by atoms with Crippen LogP contribution in [0.25, 0.3) is 0 Å². The van der Waals surface area contributed by atoms with E-state index < -0.39 is 0 Å². The van der Waals surface area contributed by atoms with Gasteiger partial charge in [0.15, 0.2) is 0 Å². The molecule has 2 aromatic rings. The van der Waals surface area contributed by atoms with Crippen molar-refractivity contribution in [1.29, 1.82) is 0 Å². The normalized spacial score (nSPS) is 16.6. The Bertz CT molecular complexity index is 794. The lowest BCUT2D eigenvalue weighted by atomic mass is 9.99. The van der Waals surface area contributed by atoms with Crippen molar-refractivity contribution in [2.45, 2.75) is 58.5 Å². The van der Waals surface area contributed by atoms with Crippen LogP contribution in [0, 0.1) is 13.8 Å². The molecular weight excluding hydrogens is 358 g/mol. The van der Waals surface area contributed by atoms with Crippen molar-refractivity contribution in [1.82, 2.24) is 20.2 Å². The van der Waals surface area contributed by atoms with Gasteiger partial charge < -0.3 is 15.1 Å². The van der Waals surface area contributed by atoms with Crippen LogP contribution in [0.2, 0.25) is 0 Å². The van der Waals surface area contributed by atoms with Gasteiger partial charge in [0.05, 0.1) is 0 Å². The van der Waals surface area contributed by atoms with Crippen molar-refractivity contribution in [2.24, 2.45) is 0 Å². The van der Waals surface area contributed by atoms with Crippen LogP contribution in [0.3, 0.4) is 0 Å². The lowest BCUT2D eigenvalue weighted by Gasteiger charge is -2.35. The van der Waals surface area contributed by atoms with Gasteiger partial charge in [0.2, 0.25) is 0 Å². The van der Waals surface area contributed by atoms with Crippen LogP contribution in [-0.2, 0) is 0 Å². The van der Waals surface area contributed by atoms with E-state index in [-0.39, 0.29) is 0 Å². The summed E-state index contributed by atoms with van der Waals surface area (Å²) in [6.45, 7) is 11.7. The highest BCUT2D eigenvalue weighted by atomic mass is 15.2. The number of nitrogens with zero attached hydrogens (tertiary/aromatic N) is 4. The van der Waals surface area contributed by atoms with Crippen LogP contribution in [0.5, 0.6) is 0 Å². The molecule has 0 radical (unpaired) electrons. The summed E-state index contributed by atoms with van der Waals surface area (Å²) in [7, 11) is 4.34. The first-order chi connectivity index (χ1) is 13.8. The fraction of sp³-hybridized carbons (Fsp3) is 0.583. The Morgan fingerprint density at radius 2 is 1.79 bits per heavy atom. The summed E-state index contributed by atoms with van der Waals surface area (Å²) in [5.74, 6) is 2.40. The van der Waals surface area contributed by atoms with Gasteiger partial charge in [0.25, 0.3) is 0 Å². The lowest BCUT2D eigenvalue weighted by Crippen LogP contribution is -2.45. The molecule has 3 rings (SSSR count). The molecule has 0 spiro atoms. The Morgan fingerprint density at radius 3 is 2.41 bits per heavy atom. The van der Waals surface area contributed by atoms with Crippen LogP contribution >= 0.6 is 0 Å². The van der Waals surface area contributed by atoms with Crippen LogP contribution in [0.4, 0.5) is 5.82 Å². The minimum Gasteiger partial charge on any atom is -0.356 e. The molecule has 1 saturated heterocycles. The van der Waals surface area contributed by atoms with Gasteiger partial charge in [-0.3, -0.25) is 0 Å². The maximum atomic E-state index is 4.82. The molecule has 1 aliphatic heterocycles. The summed E-state index contributed by atoms with van der Waals surface area (Å²) < 4.78 is 0. The fourth-order valence-electron chi connectivity index (χ4n) is 4.12. The predicted octanol–water partition coefficient (Wildman–Crippen LogP) is 4.08. The van der Waals surface area contributed by atoms with Crippen LogP contribution in [0.15, 0.2) is 30.3 Å². The van der Waals surface area contributed by atoms with E-state index in [9.17, 15) is 0 Å². The molecule has 1 aliphatic rings. The molecule has 5 heteroatoms. The van der Waals surface area contributed by atoms with Crippen molar-refractivity contribution in [3.05, 3.63) is 53.0 Å². The van der Waals surface area contributed by atoms with E-state index in [1.54, 1.807) is 0 Å². The Hall–Kier alpha value is -1.98. The zero-order valence-electron chi connectivity index (χ0n) is 18.9. The highest BCUT2D eigenvalue weighted by Crippen LogP contribution is 2.24. The van der Waals surface area contributed by atoms with Gasteiger partial charge in [0.1, 0.15) is 11.6 Å². The van der Waals surface area contributed by atoms with Crippen molar-refractivity contribution in [2.75, 3.05) is 38.6 Å². The Morgan fingerprint density at radius 1 is 1.10 bits per heavy atom. The third-order valence-corrected chi connectivity index (χ3v) is 5.96. The van der Waals surface area contributed by atoms with E-state index in [0.29, 0.717) is 18.0 Å². The van der Waals surface area contributed by atoms with Gasteiger partial charge in [0, 0.05) is 49.4 Å². The van der Waals surface area contributed by atoms with E-state index in [2.05, 4.69) is 92.2 Å². The van der Waals surface area contributed by atoms with Crippen molar-refractivity contribution in [3.8, 4) is 0 Å². The monoisotopic (exact) mass is 395 g/mol. The van der Waals surface area contributed by atoms with E-state index in [1.807, 2.05) is 0 Å². The average Bonchev–Trinajstić information content (AvgIpc) is 2.69. The first kappa shape index (κ1) is 21.7. The molecule has 1 aromatic heterocycles. The topological polar surface area (TPSA) is 44.3 Å². The van der Waals surface area contributed by atoms with Crippen LogP contribution in [-0.4, -0.2) is 54.6 Å². The molecule has 1 N–H and O–H groups in total. The number of aryl methyl sites for hydroxylation is 2. The standard InChI is InChI=1S/C24H37N5/c1-17(2)24-26-19(4)15-23(27-24)29-13-11-20(12-14-29)25-16-22(28(5)6)21-10-8-7-9-18(21)3/h7-10,15,17,20,22,25H,11-14,16H2,1-6H3. The third kappa shape index (κ3) is 5.55. The zero-order chi connectivity index (χ0) is 21.0. The number of rotatable bonds is 7. The zero-order valence-corrected chi connectivity index (χ0v) is 18.9. The fourth-order valence-corrected chi connectivity index (χ4v) is 4.12. The molecule has 1 aromatic carbocycles. The van der Waals surface area contributed by atoms with Gasteiger partial charge >= 0.3 is 0 Å². The molecule has 1 fully saturated rings. The van der Waals surface area contributed by atoms with Crippen molar-refractivity contribution < 1.29 is 0 Å². The third-order valence-electron chi connectivity index (χ3n) is 5.96. The number of aromatic nitrogens is 2. The first-order valence-corrected chi connectivity index (χ1v) is 10.9. The lowest BCUT2D eigenvalue weighted by molar-refractivity contribution is 0.270. The molecule has 158 valence electrons. The second-order valence-electron chi connectivity index (χ2n) is 8.89. The van der Waals surface area contributed by atoms with Crippen molar-refractivity contribution >= 4 is 5.82 Å². The number of benzene rings is 1. The highest BCUT2D eigenvalue weighted by Gasteiger charge is 2.23. The molecule has 5 nitrogen and oxygen atoms in total. The maximum absolute atomic E-state index is 4.82. The summed E-state index contributed by atoms with van der Waals surface area (Å²) in [5, 5.41) is 3.84. The molecular formula is C24H37N5. The van der Waals surface area contributed by atoms with E-state index in [4.69, 9.17) is 4.98 Å². The Balaban J connectivity index is 1.58. The number of hydrogen-bond donors (Lipinski definition) is 1. The Kier molecular flexibility index (Phi) is 7.25. The minimum absolute atomic E-state index is 0.359. The second-order valence-corrected chi connectivity index (χ2v) is 8.89. The quantitative estimate of drug-likeness (QED) is 0.765. The van der Waals surface area contributed by atoms with E-state index >= 15 is 0 Å². The second kappa shape index (κ2) is 9.68. The van der Waals surface area contributed by atoms with Gasteiger partial charge in [-0.05, 0) is 51.9 Å². The number of nitrogens with one attached hydrogen (secondary N) is 1. The summed E-state index contributed by atoms with van der Waals surface area (Å²) in [4.78, 5) is 14.1. The molecule has 2 heterocycles. The summed E-state index contributed by atoms with van der Waals surface area (Å²) in [5.41, 5.74) is 3.84. The van der Waals surface area contributed by atoms with Crippen molar-refractivity contribution in [3.63, 3.8) is 0 Å². The smallest absolute Gasteiger partial charge is 0.133 e. The molecule has 0 saturated carbocycles. The minimum atomic E-state index is 0.359. The average molecular weight is 396 g/mol. The molecule has 0 aliphatic carbocycles. The Labute approximate surface area is 176 Å². The van der Waals surface area contributed by atoms with Gasteiger partial charge in [-0.15, -0.1) is 0 Å². The SMILES string of the molecule is Cc1cc(N2CCC(NCC(c3ccccc3C)N(C)C)CC2)nc(C(C)C)n1. The number of piperidine rings is 1. The molecule has 0 amide bonds. The number of anilines is 1. The van der Waals surface area contributed by atoms with Gasteiger partial charge in [-0.25, -0.2) is 9.97 Å². The van der Waals surface area contributed by atoms with Gasteiger partial charge in [-0.1, -0.05) is 38.1 Å². The van der Waals surface area contributed by atoms with Crippen LogP contribution < -0.4 is 10.2 Å². The van der Waals surface area contributed by atoms with E-state index in [1.165, 1.54) is 11.1 Å². The summed E-state index contributed by atoms with van der Waals surface area (Å²) in [6.07, 6.45) is 2.29. The maximum Gasteiger partial charge on any atom is 0.133 e. The largest absolute Gasteiger partial charge is 0.356 e. The molecule has 0 bridgehead atoms. The molecule has 1 unspecified atom stereocenters. The molecule has 1 atom stereocenters. The predicted molar refractivity (Wildman–Crippen MR) is 122 cm³/mol.